The second kappa shape index (κ2) is 9.83. The molecule has 0 radical (unpaired) electrons. The van der Waals surface area contributed by atoms with Crippen molar-refractivity contribution in [1.29, 1.82) is 0 Å². The van der Waals surface area contributed by atoms with E-state index in [0.29, 0.717) is 0 Å². The number of urea groups is 1. The van der Waals surface area contributed by atoms with Crippen LogP contribution >= 0.6 is 0 Å². The Bertz CT molecular complexity index is 916. The third-order valence-electron chi connectivity index (χ3n) is 3.89. The second-order valence-electron chi connectivity index (χ2n) is 5.94. The molecule has 0 aliphatic rings. The maximum Gasteiger partial charge on any atom is 0.339 e. The van der Waals surface area contributed by atoms with Gasteiger partial charge in [-0.25, -0.2) is 9.59 Å². The van der Waals surface area contributed by atoms with Crippen molar-refractivity contribution in [2.24, 2.45) is 0 Å². The smallest absolute Gasteiger partial charge is 0.339 e. The number of carbonyl (C=O) groups is 3. The topological polar surface area (TPSA) is 140 Å². The molecule has 3 amide bonds. The standard InChI is InChI=1S/C19H20N4O6/c1-12(17(24)22-19(26)21-11-13-6-4-3-5-7-13)29-18(25)14-8-9-15(20-2)16(10-14)23(27)28/h3-10,12,20H,11H2,1-2H3,(H2,21,22,24,26). The molecule has 0 aromatic heterocycles. The zero-order chi connectivity index (χ0) is 21.4. The van der Waals surface area contributed by atoms with Gasteiger partial charge in [0.15, 0.2) is 6.10 Å². The number of nitro groups is 1. The van der Waals surface area contributed by atoms with Gasteiger partial charge in [-0.1, -0.05) is 30.3 Å². The summed E-state index contributed by atoms with van der Waals surface area (Å²) in [5.74, 6) is -1.76. The molecule has 2 aromatic rings. The fraction of sp³-hybridized carbons (Fsp3) is 0.211. The van der Waals surface area contributed by atoms with Gasteiger partial charge in [-0.15, -0.1) is 0 Å². The molecule has 0 fully saturated rings. The summed E-state index contributed by atoms with van der Waals surface area (Å²) in [4.78, 5) is 46.5. The lowest BCUT2D eigenvalue weighted by Gasteiger charge is -2.13. The van der Waals surface area contributed by atoms with Crippen LogP contribution in [-0.2, 0) is 16.1 Å². The molecule has 152 valence electrons. The van der Waals surface area contributed by atoms with E-state index in [-0.39, 0.29) is 23.5 Å². The van der Waals surface area contributed by atoms with Gasteiger partial charge in [0.1, 0.15) is 5.69 Å². The van der Waals surface area contributed by atoms with E-state index in [1.807, 2.05) is 30.3 Å². The Morgan fingerprint density at radius 1 is 1.14 bits per heavy atom. The van der Waals surface area contributed by atoms with Crippen molar-refractivity contribution in [3.05, 3.63) is 69.8 Å². The van der Waals surface area contributed by atoms with E-state index in [4.69, 9.17) is 4.74 Å². The summed E-state index contributed by atoms with van der Waals surface area (Å²) >= 11 is 0. The third kappa shape index (κ3) is 6.03. The average Bonchev–Trinajstić information content (AvgIpc) is 2.72. The van der Waals surface area contributed by atoms with E-state index in [9.17, 15) is 24.5 Å². The molecule has 29 heavy (non-hydrogen) atoms. The lowest BCUT2D eigenvalue weighted by Crippen LogP contribution is -2.44. The van der Waals surface area contributed by atoms with Crippen molar-refractivity contribution in [2.75, 3.05) is 12.4 Å². The minimum Gasteiger partial charge on any atom is -0.449 e. The predicted molar refractivity (Wildman–Crippen MR) is 104 cm³/mol. The van der Waals surface area contributed by atoms with Crippen LogP contribution in [0.25, 0.3) is 0 Å². The fourth-order valence-corrected chi connectivity index (χ4v) is 2.34. The number of hydrogen-bond acceptors (Lipinski definition) is 7. The van der Waals surface area contributed by atoms with Crippen LogP contribution in [0.1, 0.15) is 22.8 Å². The number of nitro benzene ring substituents is 1. The number of nitrogens with one attached hydrogen (secondary N) is 3. The lowest BCUT2D eigenvalue weighted by atomic mass is 10.1. The molecule has 10 heteroatoms. The summed E-state index contributed by atoms with van der Waals surface area (Å²) in [6.07, 6.45) is -1.28. The molecule has 0 aliphatic heterocycles. The van der Waals surface area contributed by atoms with E-state index >= 15 is 0 Å². The minimum absolute atomic E-state index is 0.0936. The summed E-state index contributed by atoms with van der Waals surface area (Å²) in [5, 5.41) is 18.3. The lowest BCUT2D eigenvalue weighted by molar-refractivity contribution is -0.384. The molecule has 0 saturated heterocycles. The second-order valence-corrected chi connectivity index (χ2v) is 5.94. The highest BCUT2D eigenvalue weighted by atomic mass is 16.6. The first-order valence-electron chi connectivity index (χ1n) is 8.61. The number of rotatable bonds is 7. The maximum atomic E-state index is 12.2. The van der Waals surface area contributed by atoms with E-state index in [1.54, 1.807) is 0 Å². The number of benzene rings is 2. The largest absolute Gasteiger partial charge is 0.449 e. The summed E-state index contributed by atoms with van der Waals surface area (Å²) in [6, 6.07) is 12.1. The van der Waals surface area contributed by atoms with Gasteiger partial charge in [-0.3, -0.25) is 20.2 Å². The summed E-state index contributed by atoms with van der Waals surface area (Å²) in [5.41, 5.74) is 0.678. The van der Waals surface area contributed by atoms with Crippen molar-refractivity contribution in [1.82, 2.24) is 10.6 Å². The van der Waals surface area contributed by atoms with Crippen molar-refractivity contribution in [2.45, 2.75) is 19.6 Å². The van der Waals surface area contributed by atoms with Gasteiger partial charge in [-0.2, -0.15) is 0 Å². The first-order valence-corrected chi connectivity index (χ1v) is 8.61. The van der Waals surface area contributed by atoms with Gasteiger partial charge in [0.2, 0.25) is 0 Å². The molecule has 3 N–H and O–H groups in total. The van der Waals surface area contributed by atoms with Crippen LogP contribution in [0.2, 0.25) is 0 Å². The molecule has 0 aliphatic carbocycles. The van der Waals surface area contributed by atoms with Crippen molar-refractivity contribution >= 4 is 29.3 Å². The number of imide groups is 1. The van der Waals surface area contributed by atoms with Crippen LogP contribution in [0.3, 0.4) is 0 Å². The molecule has 1 atom stereocenters. The summed E-state index contributed by atoms with van der Waals surface area (Å²) in [6.45, 7) is 1.50. The Morgan fingerprint density at radius 2 is 1.83 bits per heavy atom. The van der Waals surface area contributed by atoms with E-state index < -0.39 is 28.9 Å². The van der Waals surface area contributed by atoms with Gasteiger partial charge >= 0.3 is 12.0 Å². The minimum atomic E-state index is -1.28. The Labute approximate surface area is 166 Å². The van der Waals surface area contributed by atoms with E-state index in [2.05, 4.69) is 16.0 Å². The maximum absolute atomic E-state index is 12.2. The van der Waals surface area contributed by atoms with Gasteiger partial charge < -0.3 is 15.4 Å². The van der Waals surface area contributed by atoms with Crippen LogP contribution in [0.5, 0.6) is 0 Å². The van der Waals surface area contributed by atoms with Crippen LogP contribution in [0, 0.1) is 10.1 Å². The highest BCUT2D eigenvalue weighted by molar-refractivity contribution is 5.98. The third-order valence-corrected chi connectivity index (χ3v) is 3.89. The average molecular weight is 400 g/mol. The molecule has 2 rings (SSSR count). The number of esters is 1. The van der Waals surface area contributed by atoms with Crippen molar-refractivity contribution in [3.63, 3.8) is 0 Å². The van der Waals surface area contributed by atoms with Crippen molar-refractivity contribution in [3.8, 4) is 0 Å². The number of amides is 3. The molecule has 0 saturated carbocycles. The number of ether oxygens (including phenoxy) is 1. The molecule has 0 bridgehead atoms. The van der Waals surface area contributed by atoms with Gasteiger partial charge in [-0.05, 0) is 24.6 Å². The number of nitrogens with zero attached hydrogens (tertiary/aromatic N) is 1. The summed E-state index contributed by atoms with van der Waals surface area (Å²) < 4.78 is 5.00. The van der Waals surface area contributed by atoms with E-state index in [0.717, 1.165) is 11.6 Å². The normalized spacial score (nSPS) is 11.1. The quantitative estimate of drug-likeness (QED) is 0.368. The molecular weight excluding hydrogens is 380 g/mol. The van der Waals surface area contributed by atoms with E-state index in [1.165, 1.54) is 26.1 Å². The zero-order valence-electron chi connectivity index (χ0n) is 15.8. The van der Waals surface area contributed by atoms with Gasteiger partial charge in [0, 0.05) is 19.7 Å². The highest BCUT2D eigenvalue weighted by Crippen LogP contribution is 2.25. The van der Waals surface area contributed by atoms with Gasteiger partial charge in [0.25, 0.3) is 11.6 Å². The van der Waals surface area contributed by atoms with Gasteiger partial charge in [0.05, 0.1) is 10.5 Å². The fourth-order valence-electron chi connectivity index (χ4n) is 2.34. The van der Waals surface area contributed by atoms with Crippen LogP contribution < -0.4 is 16.0 Å². The number of anilines is 1. The van der Waals surface area contributed by atoms with Crippen LogP contribution in [-0.4, -0.2) is 36.0 Å². The predicted octanol–water partition coefficient (Wildman–Crippen LogP) is 2.21. The monoisotopic (exact) mass is 400 g/mol. The molecule has 1 unspecified atom stereocenters. The molecular formula is C19H20N4O6. The van der Waals surface area contributed by atoms with Crippen molar-refractivity contribution < 1.29 is 24.0 Å². The molecule has 0 spiro atoms. The summed E-state index contributed by atoms with van der Waals surface area (Å²) in [7, 11) is 1.51. The highest BCUT2D eigenvalue weighted by Gasteiger charge is 2.23. The molecule has 10 nitrogen and oxygen atoms in total. The van der Waals surface area contributed by atoms with Crippen LogP contribution in [0.15, 0.2) is 48.5 Å². The molecule has 2 aromatic carbocycles. The Hall–Kier alpha value is -3.95. The number of carbonyl (C=O) groups excluding carboxylic acids is 3. The van der Waals surface area contributed by atoms with Crippen LogP contribution in [0.4, 0.5) is 16.2 Å². The first kappa shape index (κ1) is 21.4. The Balaban J connectivity index is 1.91. The SMILES string of the molecule is CNc1ccc(C(=O)OC(C)C(=O)NC(=O)NCc2ccccc2)cc1[N+](=O)[O-]. The Morgan fingerprint density at radius 3 is 2.45 bits per heavy atom. The zero-order valence-corrected chi connectivity index (χ0v) is 15.8. The first-order chi connectivity index (χ1) is 13.8. The Kier molecular flexibility index (Phi) is 7.24. The number of hydrogen-bond donors (Lipinski definition) is 3. The molecule has 0 heterocycles.